The third-order valence-corrected chi connectivity index (χ3v) is 5.84. The van der Waals surface area contributed by atoms with Crippen LogP contribution in [0.2, 0.25) is 0 Å². The molecular formula is C27H34N4O3. The van der Waals surface area contributed by atoms with Crippen LogP contribution in [0.15, 0.2) is 73.1 Å². The molecule has 0 aliphatic carbocycles. The number of amides is 1. The summed E-state index contributed by atoms with van der Waals surface area (Å²) in [6.07, 6.45) is 4.14. The number of hydrogen-bond acceptors (Lipinski definition) is 5. The van der Waals surface area contributed by atoms with E-state index in [0.29, 0.717) is 6.61 Å². The summed E-state index contributed by atoms with van der Waals surface area (Å²) in [5.41, 5.74) is 1.74. The van der Waals surface area contributed by atoms with E-state index in [4.69, 9.17) is 9.47 Å². The molecule has 0 unspecified atom stereocenters. The van der Waals surface area contributed by atoms with Crippen LogP contribution < -0.4 is 10.1 Å². The molecule has 2 heterocycles. The molecule has 1 aliphatic rings. The van der Waals surface area contributed by atoms with Crippen molar-refractivity contribution in [1.29, 1.82) is 0 Å². The van der Waals surface area contributed by atoms with Gasteiger partial charge in [0.15, 0.2) is 0 Å². The Labute approximate surface area is 201 Å². The number of nitrogens with one attached hydrogen (secondary N) is 1. The van der Waals surface area contributed by atoms with E-state index in [1.165, 1.54) is 5.56 Å². The molecule has 1 fully saturated rings. The van der Waals surface area contributed by atoms with E-state index in [9.17, 15) is 4.79 Å². The van der Waals surface area contributed by atoms with Gasteiger partial charge in [-0.05, 0) is 63.1 Å². The van der Waals surface area contributed by atoms with Crippen molar-refractivity contribution in [3.8, 4) is 11.4 Å². The lowest BCUT2D eigenvalue weighted by Gasteiger charge is -2.39. The van der Waals surface area contributed by atoms with Gasteiger partial charge in [0.05, 0.1) is 12.3 Å². The lowest BCUT2D eigenvalue weighted by molar-refractivity contribution is 0.0389. The Balaban J connectivity index is 1.40. The van der Waals surface area contributed by atoms with Gasteiger partial charge >= 0.3 is 6.09 Å². The standard InChI is InChI=1S/C27H34N4O3/c1-27(2,3)34-26(32)29-25-14-17-30(18-21-8-5-4-6-9-21)19-22(25)20-33-24-12-10-23(11-13-24)31-16-7-15-28-31/h4-13,15-16,22,25H,14,17-20H2,1-3H3,(H,29,32)/t22-,25+/m1/s1. The van der Waals surface area contributed by atoms with Crippen molar-refractivity contribution in [2.24, 2.45) is 5.92 Å². The fourth-order valence-corrected chi connectivity index (χ4v) is 4.23. The van der Waals surface area contributed by atoms with Crippen molar-refractivity contribution in [2.75, 3.05) is 19.7 Å². The summed E-state index contributed by atoms with van der Waals surface area (Å²) in [6, 6.07) is 20.2. The van der Waals surface area contributed by atoms with Crippen LogP contribution in [-0.2, 0) is 11.3 Å². The molecular weight excluding hydrogens is 428 g/mol. The molecule has 180 valence electrons. The largest absolute Gasteiger partial charge is 0.493 e. The van der Waals surface area contributed by atoms with Gasteiger partial charge in [-0.1, -0.05) is 30.3 Å². The van der Waals surface area contributed by atoms with Gasteiger partial charge in [0.1, 0.15) is 11.4 Å². The fourth-order valence-electron chi connectivity index (χ4n) is 4.23. The second kappa shape index (κ2) is 10.7. The number of likely N-dealkylation sites (tertiary alicyclic amines) is 1. The highest BCUT2D eigenvalue weighted by atomic mass is 16.6. The lowest BCUT2D eigenvalue weighted by Crippen LogP contribution is -2.53. The third-order valence-electron chi connectivity index (χ3n) is 5.84. The number of carbonyl (C=O) groups excluding carboxylic acids is 1. The Morgan fingerprint density at radius 1 is 1.09 bits per heavy atom. The van der Waals surface area contributed by atoms with Crippen LogP contribution in [0.3, 0.4) is 0 Å². The minimum absolute atomic E-state index is 0.00905. The van der Waals surface area contributed by atoms with Gasteiger partial charge in [-0.2, -0.15) is 5.10 Å². The second-order valence-electron chi connectivity index (χ2n) is 9.78. The van der Waals surface area contributed by atoms with Gasteiger partial charge in [-0.3, -0.25) is 4.90 Å². The Morgan fingerprint density at radius 3 is 2.53 bits per heavy atom. The predicted octanol–water partition coefficient (Wildman–Crippen LogP) is 4.67. The molecule has 1 saturated heterocycles. The van der Waals surface area contributed by atoms with Crippen LogP contribution >= 0.6 is 0 Å². The summed E-state index contributed by atoms with van der Waals surface area (Å²) in [5, 5.41) is 7.35. The van der Waals surface area contributed by atoms with E-state index >= 15 is 0 Å². The first kappa shape index (κ1) is 23.8. The van der Waals surface area contributed by atoms with Crippen LogP contribution in [0.4, 0.5) is 4.79 Å². The first-order valence-corrected chi connectivity index (χ1v) is 11.8. The molecule has 7 heteroatoms. The van der Waals surface area contributed by atoms with Crippen molar-refractivity contribution < 1.29 is 14.3 Å². The van der Waals surface area contributed by atoms with Gasteiger partial charge in [0, 0.05) is 44.0 Å². The van der Waals surface area contributed by atoms with E-state index in [1.807, 2.05) is 68.0 Å². The highest BCUT2D eigenvalue weighted by molar-refractivity contribution is 5.68. The summed E-state index contributed by atoms with van der Waals surface area (Å²) >= 11 is 0. The maximum atomic E-state index is 12.5. The Bertz CT molecular complexity index is 1030. The summed E-state index contributed by atoms with van der Waals surface area (Å²) in [7, 11) is 0. The number of benzene rings is 2. The molecule has 0 saturated carbocycles. The highest BCUT2D eigenvalue weighted by Gasteiger charge is 2.32. The zero-order chi connectivity index (χ0) is 24.0. The van der Waals surface area contributed by atoms with E-state index in [1.54, 1.807) is 6.20 Å². The van der Waals surface area contributed by atoms with E-state index < -0.39 is 5.60 Å². The van der Waals surface area contributed by atoms with E-state index in [-0.39, 0.29) is 18.1 Å². The molecule has 0 spiro atoms. The maximum Gasteiger partial charge on any atom is 0.407 e. The maximum absolute atomic E-state index is 12.5. The Morgan fingerprint density at radius 2 is 1.85 bits per heavy atom. The number of carbonyl (C=O) groups is 1. The smallest absolute Gasteiger partial charge is 0.407 e. The molecule has 0 radical (unpaired) electrons. The van der Waals surface area contributed by atoms with Crippen LogP contribution in [0.5, 0.6) is 5.75 Å². The minimum Gasteiger partial charge on any atom is -0.493 e. The number of ether oxygens (including phenoxy) is 2. The molecule has 1 N–H and O–H groups in total. The first-order valence-electron chi connectivity index (χ1n) is 11.8. The van der Waals surface area contributed by atoms with Crippen molar-refractivity contribution in [2.45, 2.75) is 45.4 Å². The lowest BCUT2D eigenvalue weighted by atomic mass is 9.92. The van der Waals surface area contributed by atoms with E-state index in [2.05, 4.69) is 39.6 Å². The molecule has 34 heavy (non-hydrogen) atoms. The predicted molar refractivity (Wildman–Crippen MR) is 132 cm³/mol. The molecule has 2 atom stereocenters. The highest BCUT2D eigenvalue weighted by Crippen LogP contribution is 2.23. The number of nitrogens with zero attached hydrogens (tertiary/aromatic N) is 3. The number of piperidine rings is 1. The fraction of sp³-hybridized carbons (Fsp3) is 0.407. The average molecular weight is 463 g/mol. The zero-order valence-electron chi connectivity index (χ0n) is 20.2. The van der Waals surface area contributed by atoms with Crippen molar-refractivity contribution in [1.82, 2.24) is 20.0 Å². The normalized spacial score (nSPS) is 18.9. The zero-order valence-corrected chi connectivity index (χ0v) is 20.2. The number of hydrogen-bond donors (Lipinski definition) is 1. The van der Waals surface area contributed by atoms with Gasteiger partial charge in [-0.25, -0.2) is 9.48 Å². The number of aromatic nitrogens is 2. The minimum atomic E-state index is -0.527. The summed E-state index contributed by atoms with van der Waals surface area (Å²) in [4.78, 5) is 14.9. The third kappa shape index (κ3) is 6.84. The molecule has 1 amide bonds. The van der Waals surface area contributed by atoms with E-state index in [0.717, 1.165) is 37.5 Å². The summed E-state index contributed by atoms with van der Waals surface area (Å²) in [5.74, 6) is 0.933. The summed E-state index contributed by atoms with van der Waals surface area (Å²) < 4.78 is 13.5. The summed E-state index contributed by atoms with van der Waals surface area (Å²) in [6.45, 7) is 8.76. The quantitative estimate of drug-likeness (QED) is 0.553. The van der Waals surface area contributed by atoms with Crippen molar-refractivity contribution in [3.05, 3.63) is 78.6 Å². The second-order valence-corrected chi connectivity index (χ2v) is 9.78. The van der Waals surface area contributed by atoms with Crippen LogP contribution in [-0.4, -0.2) is 52.1 Å². The van der Waals surface area contributed by atoms with Crippen LogP contribution in [0.1, 0.15) is 32.8 Å². The SMILES string of the molecule is CC(C)(C)OC(=O)N[C@H]1CCN(Cc2ccccc2)C[C@@H]1COc1ccc(-n2cccn2)cc1. The molecule has 1 aliphatic heterocycles. The molecule has 4 rings (SSSR count). The number of alkyl carbamates (subject to hydrolysis) is 1. The van der Waals surface area contributed by atoms with Gasteiger partial charge in [0.2, 0.25) is 0 Å². The van der Waals surface area contributed by atoms with Crippen molar-refractivity contribution in [3.63, 3.8) is 0 Å². The molecule has 3 aromatic rings. The molecule has 1 aromatic heterocycles. The van der Waals surface area contributed by atoms with Crippen molar-refractivity contribution >= 4 is 6.09 Å². The monoisotopic (exact) mass is 462 g/mol. The number of rotatable bonds is 7. The first-order chi connectivity index (χ1) is 16.4. The van der Waals surface area contributed by atoms with Gasteiger partial charge < -0.3 is 14.8 Å². The molecule has 7 nitrogen and oxygen atoms in total. The van der Waals surface area contributed by atoms with Crippen LogP contribution in [0, 0.1) is 5.92 Å². The topological polar surface area (TPSA) is 68.6 Å². The average Bonchev–Trinajstić information content (AvgIpc) is 3.34. The molecule has 0 bridgehead atoms. The van der Waals surface area contributed by atoms with Gasteiger partial charge in [-0.15, -0.1) is 0 Å². The molecule has 2 aromatic carbocycles. The Hall–Kier alpha value is -3.32. The van der Waals surface area contributed by atoms with Gasteiger partial charge in [0.25, 0.3) is 0 Å². The Kier molecular flexibility index (Phi) is 7.53. The van der Waals surface area contributed by atoms with Crippen LogP contribution in [0.25, 0.3) is 5.69 Å².